The Bertz CT molecular complexity index is 565. The summed E-state index contributed by atoms with van der Waals surface area (Å²) in [5.74, 6) is -0.235. The normalized spacial score (nSPS) is 15.8. The first-order valence-electron chi connectivity index (χ1n) is 9.45. The van der Waals surface area contributed by atoms with Gasteiger partial charge in [0.2, 0.25) is 0 Å². The maximum atomic E-state index is 13.4. The van der Waals surface area contributed by atoms with E-state index in [9.17, 15) is 4.39 Å². The van der Waals surface area contributed by atoms with Crippen molar-refractivity contribution in [1.29, 1.82) is 0 Å². The van der Waals surface area contributed by atoms with E-state index in [-0.39, 0.29) is 10.9 Å². The van der Waals surface area contributed by atoms with E-state index in [0.717, 1.165) is 11.6 Å². The van der Waals surface area contributed by atoms with Crippen LogP contribution in [0.1, 0.15) is 33.3 Å². The van der Waals surface area contributed by atoms with E-state index >= 15 is 0 Å². The lowest BCUT2D eigenvalue weighted by Gasteiger charge is -2.40. The highest BCUT2D eigenvalue weighted by Crippen LogP contribution is 2.37. The minimum atomic E-state index is -1.90. The molecule has 0 amide bonds. The van der Waals surface area contributed by atoms with Crippen molar-refractivity contribution in [3.63, 3.8) is 0 Å². The van der Waals surface area contributed by atoms with Gasteiger partial charge in [-0.2, -0.15) is 5.48 Å². The number of hydrogen-bond acceptors (Lipinski definition) is 3. The van der Waals surface area contributed by atoms with E-state index in [1.165, 1.54) is 12.1 Å². The van der Waals surface area contributed by atoms with Crippen LogP contribution in [0.2, 0.25) is 43.8 Å². The van der Waals surface area contributed by atoms with Crippen LogP contribution in [-0.2, 0) is 14.8 Å². The SMILES string of the molecule is CC(CO[Si](C)(C)C(C)(C)C)(NOCC[Si](C)(C)C)c1ccc(F)cc1. The molecule has 0 spiro atoms. The summed E-state index contributed by atoms with van der Waals surface area (Å²) in [5.41, 5.74) is 3.66. The summed E-state index contributed by atoms with van der Waals surface area (Å²) in [5, 5.41) is 0.134. The lowest BCUT2D eigenvalue weighted by Crippen LogP contribution is -2.49. The smallest absolute Gasteiger partial charge is 0.192 e. The van der Waals surface area contributed by atoms with Crippen LogP contribution >= 0.6 is 0 Å². The van der Waals surface area contributed by atoms with Crippen LogP contribution in [0.4, 0.5) is 4.39 Å². The van der Waals surface area contributed by atoms with Gasteiger partial charge in [-0.05, 0) is 48.8 Å². The second-order valence-corrected chi connectivity index (χ2v) is 20.6. The van der Waals surface area contributed by atoms with E-state index in [1.54, 1.807) is 12.1 Å². The van der Waals surface area contributed by atoms with Crippen molar-refractivity contribution in [2.24, 2.45) is 0 Å². The monoisotopic (exact) mass is 399 g/mol. The van der Waals surface area contributed by atoms with Crippen molar-refractivity contribution in [1.82, 2.24) is 5.48 Å². The van der Waals surface area contributed by atoms with Crippen LogP contribution in [-0.4, -0.2) is 29.6 Å². The van der Waals surface area contributed by atoms with Crippen molar-refractivity contribution in [2.75, 3.05) is 13.2 Å². The average molecular weight is 400 g/mol. The molecule has 6 heteroatoms. The van der Waals surface area contributed by atoms with E-state index in [4.69, 9.17) is 9.26 Å². The largest absolute Gasteiger partial charge is 0.415 e. The highest BCUT2D eigenvalue weighted by molar-refractivity contribution is 6.76. The molecule has 26 heavy (non-hydrogen) atoms. The van der Waals surface area contributed by atoms with Gasteiger partial charge in [0.15, 0.2) is 8.32 Å². The number of halogens is 1. The summed E-state index contributed by atoms with van der Waals surface area (Å²) in [7, 11) is -3.05. The summed E-state index contributed by atoms with van der Waals surface area (Å²) < 4.78 is 19.8. The van der Waals surface area contributed by atoms with Crippen LogP contribution in [0, 0.1) is 5.82 Å². The first-order chi connectivity index (χ1) is 11.7. The van der Waals surface area contributed by atoms with Gasteiger partial charge >= 0.3 is 0 Å². The molecule has 1 unspecified atom stereocenters. The Hall–Kier alpha value is -0.536. The van der Waals surface area contributed by atoms with Crippen LogP contribution in [0.25, 0.3) is 0 Å². The molecule has 1 aromatic rings. The van der Waals surface area contributed by atoms with Crippen molar-refractivity contribution >= 4 is 16.4 Å². The van der Waals surface area contributed by atoms with Crippen LogP contribution in [0.5, 0.6) is 0 Å². The zero-order valence-corrected chi connectivity index (χ0v) is 20.1. The molecule has 1 rings (SSSR count). The fraction of sp³-hybridized carbons (Fsp3) is 0.700. The van der Waals surface area contributed by atoms with Gasteiger partial charge in [0, 0.05) is 8.07 Å². The van der Waals surface area contributed by atoms with Crippen molar-refractivity contribution < 1.29 is 13.7 Å². The molecule has 0 aromatic heterocycles. The third-order valence-corrected chi connectivity index (χ3v) is 11.4. The zero-order chi connectivity index (χ0) is 20.2. The van der Waals surface area contributed by atoms with Crippen molar-refractivity contribution in [3.8, 4) is 0 Å². The number of benzene rings is 1. The lowest BCUT2D eigenvalue weighted by atomic mass is 9.94. The summed E-state index contributed by atoms with van der Waals surface area (Å²) in [4.78, 5) is 5.84. The third kappa shape index (κ3) is 7.23. The number of hydroxylamine groups is 1. The number of hydrogen-bond donors (Lipinski definition) is 1. The van der Waals surface area contributed by atoms with Gasteiger partial charge in [-0.15, -0.1) is 0 Å². The Balaban J connectivity index is 2.89. The second-order valence-electron chi connectivity index (χ2n) is 10.1. The number of rotatable bonds is 9. The molecular weight excluding hydrogens is 361 g/mol. The molecule has 0 saturated carbocycles. The van der Waals surface area contributed by atoms with Gasteiger partial charge in [0.05, 0.1) is 18.8 Å². The highest BCUT2D eigenvalue weighted by Gasteiger charge is 2.40. The third-order valence-electron chi connectivity index (χ3n) is 5.26. The Morgan fingerprint density at radius 1 is 0.962 bits per heavy atom. The van der Waals surface area contributed by atoms with Gasteiger partial charge in [0.1, 0.15) is 5.82 Å². The fourth-order valence-corrected chi connectivity index (χ4v) is 3.90. The van der Waals surface area contributed by atoms with E-state index in [0.29, 0.717) is 13.2 Å². The molecule has 1 aromatic carbocycles. The molecular formula is C20H38FNO2Si2. The average Bonchev–Trinajstić information content (AvgIpc) is 2.48. The molecule has 0 heterocycles. The predicted molar refractivity (Wildman–Crippen MR) is 114 cm³/mol. The lowest BCUT2D eigenvalue weighted by molar-refractivity contribution is -0.0316. The highest BCUT2D eigenvalue weighted by atomic mass is 28.4. The standard InChI is InChI=1S/C20H38FNO2Si2/c1-19(2,3)26(8,9)24-16-20(4,17-10-12-18(21)13-11-17)22-23-14-15-25(5,6)7/h10-13,22H,14-16H2,1-9H3. The molecule has 0 aliphatic rings. The molecule has 0 radical (unpaired) electrons. The Morgan fingerprint density at radius 3 is 1.96 bits per heavy atom. The molecule has 0 bridgehead atoms. The molecule has 150 valence electrons. The maximum absolute atomic E-state index is 13.4. The number of nitrogens with one attached hydrogen (secondary N) is 1. The Kier molecular flexibility index (Phi) is 7.82. The van der Waals surface area contributed by atoms with Crippen LogP contribution in [0.3, 0.4) is 0 Å². The molecule has 0 fully saturated rings. The first-order valence-corrected chi connectivity index (χ1v) is 16.1. The topological polar surface area (TPSA) is 30.5 Å². The predicted octanol–water partition coefficient (Wildman–Crippen LogP) is 5.92. The Labute approximate surface area is 161 Å². The minimum absolute atomic E-state index is 0.134. The molecule has 0 aliphatic carbocycles. The van der Waals surface area contributed by atoms with E-state index < -0.39 is 21.9 Å². The van der Waals surface area contributed by atoms with Crippen LogP contribution in [0.15, 0.2) is 24.3 Å². The van der Waals surface area contributed by atoms with Gasteiger partial charge in [0.25, 0.3) is 0 Å². The molecule has 0 saturated heterocycles. The summed E-state index contributed by atoms with van der Waals surface area (Å²) in [6.07, 6.45) is 0. The quantitative estimate of drug-likeness (QED) is 0.317. The zero-order valence-electron chi connectivity index (χ0n) is 18.1. The summed E-state index contributed by atoms with van der Waals surface area (Å²) >= 11 is 0. The first kappa shape index (κ1) is 23.5. The molecule has 1 atom stereocenters. The summed E-state index contributed by atoms with van der Waals surface area (Å²) in [6, 6.07) is 7.67. The van der Waals surface area contributed by atoms with E-state index in [2.05, 4.69) is 65.9 Å². The van der Waals surface area contributed by atoms with Gasteiger partial charge < -0.3 is 9.26 Å². The van der Waals surface area contributed by atoms with Crippen LogP contribution < -0.4 is 5.48 Å². The Morgan fingerprint density at radius 2 is 1.50 bits per heavy atom. The minimum Gasteiger partial charge on any atom is -0.415 e. The molecule has 3 nitrogen and oxygen atoms in total. The van der Waals surface area contributed by atoms with Crippen molar-refractivity contribution in [3.05, 3.63) is 35.6 Å². The molecule has 0 aliphatic heterocycles. The van der Waals surface area contributed by atoms with Crippen molar-refractivity contribution in [2.45, 2.75) is 77.1 Å². The van der Waals surface area contributed by atoms with Gasteiger partial charge in [-0.3, -0.25) is 0 Å². The van der Waals surface area contributed by atoms with Gasteiger partial charge in [-0.1, -0.05) is 52.5 Å². The van der Waals surface area contributed by atoms with Gasteiger partial charge in [-0.25, -0.2) is 4.39 Å². The fourth-order valence-electron chi connectivity index (χ4n) is 2.10. The maximum Gasteiger partial charge on any atom is 0.192 e. The molecule has 1 N–H and O–H groups in total. The van der Waals surface area contributed by atoms with E-state index in [1.807, 2.05) is 0 Å². The second kappa shape index (κ2) is 8.65. The summed E-state index contributed by atoms with van der Waals surface area (Å²) in [6.45, 7) is 21.4.